The van der Waals surface area contributed by atoms with Gasteiger partial charge in [0.05, 0.1) is 13.7 Å². The average Bonchev–Trinajstić information content (AvgIpc) is 2.40. The molecule has 0 aliphatic rings. The Hall–Kier alpha value is -0.650. The van der Waals surface area contributed by atoms with Crippen LogP contribution < -0.4 is 11.1 Å². The van der Waals surface area contributed by atoms with Gasteiger partial charge in [0.1, 0.15) is 6.04 Å². The molecule has 0 fully saturated rings. The second kappa shape index (κ2) is 10.3. The number of hydrogen-bond acceptors (Lipinski definition) is 5. The lowest BCUT2D eigenvalue weighted by atomic mass is 9.97. The molecule has 0 spiro atoms. The first-order valence-electron chi connectivity index (χ1n) is 6.63. The van der Waals surface area contributed by atoms with Gasteiger partial charge in [-0.2, -0.15) is 0 Å². The van der Waals surface area contributed by atoms with Crippen LogP contribution in [0.5, 0.6) is 0 Å². The minimum Gasteiger partial charge on any atom is -0.468 e. The number of hydrogen-bond donors (Lipinski definition) is 2. The highest BCUT2D eigenvalue weighted by molar-refractivity contribution is 5.76. The van der Waals surface area contributed by atoms with Crippen molar-refractivity contribution in [3.8, 4) is 0 Å². The molecule has 5 nitrogen and oxygen atoms in total. The van der Waals surface area contributed by atoms with Gasteiger partial charge in [-0.1, -0.05) is 20.3 Å². The zero-order chi connectivity index (χ0) is 14.0. The van der Waals surface area contributed by atoms with E-state index in [0.29, 0.717) is 13.2 Å². The maximum atomic E-state index is 11.8. The van der Waals surface area contributed by atoms with Crippen LogP contribution in [0.25, 0.3) is 0 Å². The van der Waals surface area contributed by atoms with Crippen molar-refractivity contribution in [2.24, 2.45) is 11.7 Å². The first-order valence-corrected chi connectivity index (χ1v) is 6.63. The highest BCUT2D eigenvalue weighted by atomic mass is 16.5. The van der Waals surface area contributed by atoms with Gasteiger partial charge in [-0.15, -0.1) is 0 Å². The molecule has 0 amide bonds. The summed E-state index contributed by atoms with van der Waals surface area (Å²) in [6, 6.07) is -0.144. The van der Waals surface area contributed by atoms with E-state index in [1.807, 2.05) is 6.92 Å². The molecule has 108 valence electrons. The minimum atomic E-state index is -0.280. The molecule has 3 atom stereocenters. The number of carbonyl (C=O) groups is 1. The Morgan fingerprint density at radius 2 is 2.06 bits per heavy atom. The molecule has 0 rings (SSSR count). The molecule has 0 aliphatic carbocycles. The molecule has 0 heterocycles. The maximum Gasteiger partial charge on any atom is 0.323 e. The topological polar surface area (TPSA) is 73.6 Å². The molecule has 0 aromatic rings. The van der Waals surface area contributed by atoms with Gasteiger partial charge in [0.15, 0.2) is 0 Å². The van der Waals surface area contributed by atoms with Crippen molar-refractivity contribution in [1.82, 2.24) is 5.32 Å². The Morgan fingerprint density at radius 3 is 2.50 bits per heavy atom. The Bertz CT molecular complexity index is 224. The predicted octanol–water partition coefficient (Wildman–Crippen LogP) is 0.918. The Kier molecular flexibility index (Phi) is 9.92. The van der Waals surface area contributed by atoms with Gasteiger partial charge in [0, 0.05) is 13.2 Å². The van der Waals surface area contributed by atoms with E-state index in [4.69, 9.17) is 15.2 Å². The molecule has 18 heavy (non-hydrogen) atoms. The van der Waals surface area contributed by atoms with Crippen LogP contribution >= 0.6 is 0 Å². The van der Waals surface area contributed by atoms with Gasteiger partial charge in [-0.3, -0.25) is 10.1 Å². The number of nitrogens with two attached hydrogens (primary N) is 1. The molecule has 0 bridgehead atoms. The third-order valence-electron chi connectivity index (χ3n) is 3.21. The van der Waals surface area contributed by atoms with E-state index in [1.54, 1.807) is 7.11 Å². The largest absolute Gasteiger partial charge is 0.468 e. The molecule has 0 radical (unpaired) electrons. The van der Waals surface area contributed by atoms with Crippen molar-refractivity contribution in [3.63, 3.8) is 0 Å². The molecule has 3 N–H and O–H groups in total. The Morgan fingerprint density at radius 1 is 1.39 bits per heavy atom. The fourth-order valence-corrected chi connectivity index (χ4v) is 1.86. The van der Waals surface area contributed by atoms with Crippen LogP contribution in [-0.2, 0) is 14.3 Å². The van der Waals surface area contributed by atoms with E-state index in [-0.39, 0.29) is 24.0 Å². The summed E-state index contributed by atoms with van der Waals surface area (Å²) in [5.74, 6) is 0.0212. The Labute approximate surface area is 110 Å². The number of esters is 1. The number of methoxy groups -OCH3 is 2. The molecule has 0 saturated heterocycles. The van der Waals surface area contributed by atoms with Crippen LogP contribution in [0.2, 0.25) is 0 Å². The minimum absolute atomic E-state index is 0.136. The SMILES string of the molecule is CCC(C)C(NC(CCCN)COC)C(=O)OC. The number of nitrogens with one attached hydrogen (secondary N) is 1. The van der Waals surface area contributed by atoms with E-state index >= 15 is 0 Å². The van der Waals surface area contributed by atoms with Crippen LogP contribution in [0, 0.1) is 5.92 Å². The van der Waals surface area contributed by atoms with Gasteiger partial charge in [-0.05, 0) is 25.3 Å². The summed E-state index contributed by atoms with van der Waals surface area (Å²) in [6.45, 7) is 5.33. The second-order valence-electron chi connectivity index (χ2n) is 4.64. The summed E-state index contributed by atoms with van der Waals surface area (Å²) >= 11 is 0. The van der Waals surface area contributed by atoms with E-state index in [9.17, 15) is 4.79 Å². The van der Waals surface area contributed by atoms with Gasteiger partial charge < -0.3 is 15.2 Å². The molecule has 0 aromatic carbocycles. The second-order valence-corrected chi connectivity index (χ2v) is 4.64. The zero-order valence-electron chi connectivity index (χ0n) is 12.1. The van der Waals surface area contributed by atoms with Crippen molar-refractivity contribution >= 4 is 5.97 Å². The Balaban J connectivity index is 4.52. The molecule has 0 aromatic heterocycles. The van der Waals surface area contributed by atoms with Crippen LogP contribution in [0.15, 0.2) is 0 Å². The molecule has 0 saturated carbocycles. The number of carbonyl (C=O) groups excluding carboxylic acids is 1. The van der Waals surface area contributed by atoms with Crippen molar-refractivity contribution in [2.75, 3.05) is 27.4 Å². The monoisotopic (exact) mass is 260 g/mol. The summed E-state index contributed by atoms with van der Waals surface area (Å²) in [7, 11) is 3.08. The lowest BCUT2D eigenvalue weighted by Gasteiger charge is -2.27. The summed E-state index contributed by atoms with van der Waals surface area (Å²) in [5, 5.41) is 3.34. The third-order valence-corrected chi connectivity index (χ3v) is 3.21. The summed E-state index contributed by atoms with van der Waals surface area (Å²) in [4.78, 5) is 11.8. The van der Waals surface area contributed by atoms with Crippen molar-refractivity contribution in [1.29, 1.82) is 0 Å². The molecular weight excluding hydrogens is 232 g/mol. The predicted molar refractivity (Wildman–Crippen MR) is 72.3 cm³/mol. The van der Waals surface area contributed by atoms with Gasteiger partial charge in [0.25, 0.3) is 0 Å². The first-order chi connectivity index (χ1) is 8.60. The highest BCUT2D eigenvalue weighted by Gasteiger charge is 2.27. The van der Waals surface area contributed by atoms with Crippen molar-refractivity contribution < 1.29 is 14.3 Å². The van der Waals surface area contributed by atoms with Gasteiger partial charge in [-0.25, -0.2) is 0 Å². The number of rotatable bonds is 10. The fraction of sp³-hybridized carbons (Fsp3) is 0.923. The van der Waals surface area contributed by atoms with E-state index in [0.717, 1.165) is 19.3 Å². The summed E-state index contributed by atoms with van der Waals surface area (Å²) in [5.41, 5.74) is 5.52. The lowest BCUT2D eigenvalue weighted by Crippen LogP contribution is -2.49. The van der Waals surface area contributed by atoms with Crippen LogP contribution in [0.4, 0.5) is 0 Å². The van der Waals surface area contributed by atoms with Crippen LogP contribution in [0.1, 0.15) is 33.1 Å². The standard InChI is InChI=1S/C13H28N2O3/c1-5-10(2)12(13(16)18-4)15-11(9-17-3)7-6-8-14/h10-12,15H,5-9,14H2,1-4H3. The quantitative estimate of drug-likeness (QED) is 0.571. The lowest BCUT2D eigenvalue weighted by molar-refractivity contribution is -0.145. The third kappa shape index (κ3) is 6.33. The molecule has 0 aliphatic heterocycles. The highest BCUT2D eigenvalue weighted by Crippen LogP contribution is 2.11. The molecule has 5 heteroatoms. The fourth-order valence-electron chi connectivity index (χ4n) is 1.86. The molecule has 3 unspecified atom stereocenters. The van der Waals surface area contributed by atoms with Gasteiger partial charge in [0.2, 0.25) is 0 Å². The zero-order valence-corrected chi connectivity index (χ0v) is 12.1. The van der Waals surface area contributed by atoms with E-state index < -0.39 is 0 Å². The van der Waals surface area contributed by atoms with Crippen molar-refractivity contribution in [2.45, 2.75) is 45.2 Å². The smallest absolute Gasteiger partial charge is 0.323 e. The number of ether oxygens (including phenoxy) is 2. The van der Waals surface area contributed by atoms with Gasteiger partial charge >= 0.3 is 5.97 Å². The van der Waals surface area contributed by atoms with Crippen LogP contribution in [0.3, 0.4) is 0 Å². The van der Waals surface area contributed by atoms with E-state index in [1.165, 1.54) is 7.11 Å². The summed E-state index contributed by atoms with van der Waals surface area (Å²) < 4.78 is 10.0. The normalized spacial score (nSPS) is 16.1. The van der Waals surface area contributed by atoms with Crippen LogP contribution in [-0.4, -0.2) is 45.4 Å². The first kappa shape index (κ1) is 17.4. The summed E-state index contributed by atoms with van der Waals surface area (Å²) in [6.07, 6.45) is 2.73. The van der Waals surface area contributed by atoms with Crippen molar-refractivity contribution in [3.05, 3.63) is 0 Å². The maximum absolute atomic E-state index is 11.8. The molecular formula is C13H28N2O3. The van der Waals surface area contributed by atoms with E-state index in [2.05, 4.69) is 12.2 Å². The average molecular weight is 260 g/mol.